The predicted molar refractivity (Wildman–Crippen MR) is 184 cm³/mol. The Balaban J connectivity index is 1.18. The molecule has 4 aliphatic rings. The summed E-state index contributed by atoms with van der Waals surface area (Å²) in [5.41, 5.74) is 0.609. The van der Waals surface area contributed by atoms with Gasteiger partial charge >= 0.3 is 12.0 Å². The summed E-state index contributed by atoms with van der Waals surface area (Å²) in [5.74, 6) is -1.78. The van der Waals surface area contributed by atoms with Gasteiger partial charge in [-0.2, -0.15) is 0 Å². The van der Waals surface area contributed by atoms with Gasteiger partial charge in [0.05, 0.1) is 22.5 Å². The van der Waals surface area contributed by atoms with Crippen LogP contribution in [0.4, 0.5) is 4.79 Å². The average molecular weight is 689 g/mol. The number of rotatable bonds is 6. The highest BCUT2D eigenvalue weighted by atomic mass is 32.1. The Morgan fingerprint density at radius 2 is 1.63 bits per heavy atom. The summed E-state index contributed by atoms with van der Waals surface area (Å²) >= 11 is 1.51. The standard InChI is InChI=1S/C36H44N6O6S/c43-31-28-19-24(48-32-30(29-17-10-18-49-29)38-25-14-8-9-15-26(25)39-32)21-42(28)33(44)27(40-35(47)37-23-12-6-7-13-23)16-5-3-1-2-4-11-22-20-36(22,41-31)34(45)46/h8-10,14-15,17-18,22-24,27-28H,1-7,11-13,16,19-21H2,(H,41,43)(H,45,46)(H2,37,40,47)/t22?,24-,27+,28+,36?/m1/s1. The number of nitrogens with zero attached hydrogens (tertiary/aromatic N) is 3. The van der Waals surface area contributed by atoms with Crippen molar-refractivity contribution in [2.45, 2.75) is 113 Å². The molecule has 12 nitrogen and oxygen atoms in total. The summed E-state index contributed by atoms with van der Waals surface area (Å²) in [5, 5.41) is 21.0. The van der Waals surface area contributed by atoms with Crippen molar-refractivity contribution in [2.75, 3.05) is 6.54 Å². The minimum atomic E-state index is -1.33. The lowest BCUT2D eigenvalue weighted by Gasteiger charge is -2.29. The van der Waals surface area contributed by atoms with E-state index in [4.69, 9.17) is 14.7 Å². The maximum atomic E-state index is 14.4. The highest BCUT2D eigenvalue weighted by Crippen LogP contribution is 2.47. The first-order valence-electron chi connectivity index (χ1n) is 17.7. The molecule has 13 heteroatoms. The molecule has 2 aliphatic carbocycles. The van der Waals surface area contributed by atoms with Gasteiger partial charge in [0.25, 0.3) is 0 Å². The Hall–Kier alpha value is -4.26. The molecule has 5 atom stereocenters. The molecule has 0 bridgehead atoms. The quantitative estimate of drug-likeness (QED) is 0.281. The van der Waals surface area contributed by atoms with Crippen LogP contribution >= 0.6 is 11.3 Å². The van der Waals surface area contributed by atoms with Gasteiger partial charge in [-0.05, 0) is 61.6 Å². The van der Waals surface area contributed by atoms with Crippen molar-refractivity contribution < 1.29 is 29.0 Å². The van der Waals surface area contributed by atoms with E-state index >= 15 is 0 Å². The first kappa shape index (κ1) is 33.2. The molecule has 0 spiro atoms. The SMILES string of the molecule is O=C(NC1CCCC1)N[C@H]1CCCCCCCC2CC2(C(=O)O)NC(=O)[C@@H]2C[C@@H](Oc3nc4ccccc4nc3-c3cccs3)CN2C1=O. The van der Waals surface area contributed by atoms with Crippen molar-refractivity contribution in [3.63, 3.8) is 0 Å². The molecule has 3 aromatic rings. The molecule has 4 amide bonds. The fourth-order valence-electron chi connectivity index (χ4n) is 7.81. The normalized spacial score (nSPS) is 28.1. The van der Waals surface area contributed by atoms with Crippen LogP contribution in [-0.4, -0.2) is 80.1 Å². The number of carbonyl (C=O) groups is 4. The average Bonchev–Trinajstić information content (AvgIpc) is 3.58. The summed E-state index contributed by atoms with van der Waals surface area (Å²) < 4.78 is 6.54. The Labute approximate surface area is 289 Å². The third kappa shape index (κ3) is 7.22. The molecule has 260 valence electrons. The van der Waals surface area contributed by atoms with Crippen LogP contribution in [0.15, 0.2) is 41.8 Å². The first-order valence-corrected chi connectivity index (χ1v) is 18.6. The summed E-state index contributed by atoms with van der Waals surface area (Å²) in [6.45, 7) is 0.0707. The van der Waals surface area contributed by atoms with Crippen molar-refractivity contribution >= 4 is 46.2 Å². The van der Waals surface area contributed by atoms with Gasteiger partial charge in [0.1, 0.15) is 29.4 Å². The number of amides is 4. The first-order chi connectivity index (χ1) is 23.8. The number of carbonyl (C=O) groups excluding carboxylic acids is 3. The molecule has 49 heavy (non-hydrogen) atoms. The molecular formula is C36H44N6O6S. The second-order valence-corrected chi connectivity index (χ2v) is 14.9. The van der Waals surface area contributed by atoms with Crippen LogP contribution in [0.3, 0.4) is 0 Å². The molecule has 2 saturated carbocycles. The fraction of sp³-hybridized carbons (Fsp3) is 0.556. The molecule has 2 aromatic heterocycles. The summed E-state index contributed by atoms with van der Waals surface area (Å²) in [7, 11) is 0. The molecule has 2 aliphatic heterocycles. The van der Waals surface area contributed by atoms with Crippen LogP contribution in [0, 0.1) is 5.92 Å². The van der Waals surface area contributed by atoms with E-state index in [1.165, 1.54) is 16.2 Å². The van der Waals surface area contributed by atoms with E-state index in [1.807, 2.05) is 41.8 Å². The molecular weight excluding hydrogens is 644 g/mol. The Morgan fingerprint density at radius 1 is 0.918 bits per heavy atom. The third-order valence-corrected chi connectivity index (χ3v) is 11.5. The van der Waals surface area contributed by atoms with Gasteiger partial charge < -0.3 is 30.7 Å². The molecule has 4 heterocycles. The number of urea groups is 1. The zero-order chi connectivity index (χ0) is 34.0. The van der Waals surface area contributed by atoms with Gasteiger partial charge in [-0.1, -0.05) is 63.1 Å². The van der Waals surface area contributed by atoms with Crippen LogP contribution in [0.1, 0.15) is 83.5 Å². The van der Waals surface area contributed by atoms with Gasteiger partial charge in [-0.25, -0.2) is 19.6 Å². The van der Waals surface area contributed by atoms with E-state index < -0.39 is 35.6 Å². The largest absolute Gasteiger partial charge is 0.479 e. The number of aromatic nitrogens is 2. The van der Waals surface area contributed by atoms with Crippen molar-refractivity contribution in [1.29, 1.82) is 0 Å². The van der Waals surface area contributed by atoms with Gasteiger partial charge in [0, 0.05) is 12.5 Å². The predicted octanol–water partition coefficient (Wildman–Crippen LogP) is 5.02. The van der Waals surface area contributed by atoms with Crippen LogP contribution < -0.4 is 20.7 Å². The number of hydrogen-bond donors (Lipinski definition) is 4. The van der Waals surface area contributed by atoms with Crippen LogP contribution in [0.5, 0.6) is 5.88 Å². The Kier molecular flexibility index (Phi) is 9.71. The zero-order valence-electron chi connectivity index (χ0n) is 27.6. The number of thiophene rings is 1. The Bertz CT molecular complexity index is 1700. The van der Waals surface area contributed by atoms with Crippen LogP contribution in [-0.2, 0) is 14.4 Å². The third-order valence-electron chi connectivity index (χ3n) is 10.6. The number of carboxylic acids is 1. The van der Waals surface area contributed by atoms with Gasteiger partial charge in [-0.3, -0.25) is 9.59 Å². The van der Waals surface area contributed by atoms with Gasteiger partial charge in [-0.15, -0.1) is 11.3 Å². The maximum Gasteiger partial charge on any atom is 0.329 e. The second-order valence-electron chi connectivity index (χ2n) is 14.0. The lowest BCUT2D eigenvalue weighted by molar-refractivity contribution is -0.145. The fourth-order valence-corrected chi connectivity index (χ4v) is 8.51. The molecule has 0 radical (unpaired) electrons. The van der Waals surface area contributed by atoms with Crippen molar-refractivity contribution in [1.82, 2.24) is 30.8 Å². The second kappa shape index (κ2) is 14.3. The van der Waals surface area contributed by atoms with E-state index in [2.05, 4.69) is 16.0 Å². The van der Waals surface area contributed by atoms with Crippen molar-refractivity contribution in [3.05, 3.63) is 41.8 Å². The van der Waals surface area contributed by atoms with Crippen LogP contribution in [0.25, 0.3) is 21.6 Å². The molecule has 4 fully saturated rings. The number of para-hydroxylation sites is 2. The number of aliphatic carboxylic acids is 1. The van der Waals surface area contributed by atoms with Crippen LogP contribution in [0.2, 0.25) is 0 Å². The molecule has 1 aromatic carbocycles. The van der Waals surface area contributed by atoms with E-state index in [1.54, 1.807) is 0 Å². The van der Waals surface area contributed by atoms with Crippen molar-refractivity contribution in [3.8, 4) is 16.5 Å². The van der Waals surface area contributed by atoms with Crippen molar-refractivity contribution in [2.24, 2.45) is 5.92 Å². The number of benzene rings is 1. The van der Waals surface area contributed by atoms with E-state index in [9.17, 15) is 24.3 Å². The Morgan fingerprint density at radius 3 is 2.37 bits per heavy atom. The lowest BCUT2D eigenvalue weighted by Crippen LogP contribution is -2.57. The zero-order valence-corrected chi connectivity index (χ0v) is 28.4. The monoisotopic (exact) mass is 688 g/mol. The highest BCUT2D eigenvalue weighted by Gasteiger charge is 2.62. The smallest absolute Gasteiger partial charge is 0.329 e. The molecule has 4 N–H and O–H groups in total. The molecule has 7 rings (SSSR count). The number of nitrogens with one attached hydrogen (secondary N) is 3. The van der Waals surface area contributed by atoms with Gasteiger partial charge in [0.2, 0.25) is 17.7 Å². The topological polar surface area (TPSA) is 163 Å². The van der Waals surface area contributed by atoms with E-state index in [0.717, 1.165) is 74.6 Å². The minimum Gasteiger partial charge on any atom is -0.479 e. The lowest BCUT2D eigenvalue weighted by atomic mass is 10.0. The van der Waals surface area contributed by atoms with Gasteiger partial charge in [0.15, 0.2) is 0 Å². The number of ether oxygens (including phenoxy) is 1. The maximum absolute atomic E-state index is 14.4. The molecule has 2 saturated heterocycles. The minimum absolute atomic E-state index is 0.0707. The number of hydrogen-bond acceptors (Lipinski definition) is 8. The molecule has 2 unspecified atom stereocenters. The summed E-state index contributed by atoms with van der Waals surface area (Å²) in [6.07, 6.45) is 9.41. The van der Waals surface area contributed by atoms with E-state index in [-0.39, 0.29) is 36.9 Å². The number of carboxylic acid groups (broad SMARTS) is 1. The van der Waals surface area contributed by atoms with E-state index in [0.29, 0.717) is 29.9 Å². The highest BCUT2D eigenvalue weighted by molar-refractivity contribution is 7.13. The number of fused-ring (bicyclic) bond motifs is 3. The summed E-state index contributed by atoms with van der Waals surface area (Å²) in [6, 6.07) is 9.26. The summed E-state index contributed by atoms with van der Waals surface area (Å²) in [4.78, 5) is 66.1.